The Balaban J connectivity index is 2.22. The van der Waals surface area contributed by atoms with Crippen molar-refractivity contribution in [1.29, 1.82) is 0 Å². The van der Waals surface area contributed by atoms with Crippen molar-refractivity contribution >= 4 is 0 Å². The molecule has 2 nitrogen and oxygen atoms in total. The Kier molecular flexibility index (Phi) is 2.55. The number of hydrogen-bond donors (Lipinski definition) is 2. The first-order valence-electron chi connectivity index (χ1n) is 4.43. The van der Waals surface area contributed by atoms with Crippen LogP contribution in [0.4, 0.5) is 0 Å². The normalized spacial score (nSPS) is 26.2. The lowest BCUT2D eigenvalue weighted by atomic mass is 9.93. The van der Waals surface area contributed by atoms with Crippen LogP contribution < -0.4 is 0 Å². The third-order valence-corrected chi connectivity index (χ3v) is 2.53. The molecule has 0 aromatic heterocycles. The minimum atomic E-state index is -0.517. The van der Waals surface area contributed by atoms with Crippen molar-refractivity contribution in [2.75, 3.05) is 0 Å². The molecule has 1 aliphatic carbocycles. The topological polar surface area (TPSA) is 40.5 Å². The van der Waals surface area contributed by atoms with E-state index in [1.807, 2.05) is 6.92 Å². The molecule has 2 heteroatoms. The minimum absolute atomic E-state index is 0.278. The van der Waals surface area contributed by atoms with Gasteiger partial charge in [-0.25, -0.2) is 0 Å². The average Bonchev–Trinajstić information content (AvgIpc) is 2.64. The van der Waals surface area contributed by atoms with Gasteiger partial charge in [0.05, 0.1) is 11.7 Å². The van der Waals surface area contributed by atoms with Gasteiger partial charge in [-0.2, -0.15) is 0 Å². The van der Waals surface area contributed by atoms with Crippen molar-refractivity contribution in [3.8, 4) is 0 Å². The first-order valence-corrected chi connectivity index (χ1v) is 4.43. The van der Waals surface area contributed by atoms with Gasteiger partial charge in [-0.3, -0.25) is 0 Å². The fourth-order valence-corrected chi connectivity index (χ4v) is 1.41. The Bertz CT molecular complexity index is 126. The first-order chi connectivity index (χ1) is 5.02. The van der Waals surface area contributed by atoms with Crippen LogP contribution in [0.25, 0.3) is 0 Å². The van der Waals surface area contributed by atoms with Crippen LogP contribution >= 0.6 is 0 Å². The van der Waals surface area contributed by atoms with Crippen LogP contribution in [-0.4, -0.2) is 21.9 Å². The molecule has 11 heavy (non-hydrogen) atoms. The molecule has 66 valence electrons. The van der Waals surface area contributed by atoms with E-state index in [4.69, 9.17) is 5.11 Å². The molecular formula is C9H18O2. The Labute approximate surface area is 68.2 Å². The summed E-state index contributed by atoms with van der Waals surface area (Å²) in [7, 11) is 0. The number of rotatable bonds is 4. The fourth-order valence-electron chi connectivity index (χ4n) is 1.41. The van der Waals surface area contributed by atoms with Crippen LogP contribution in [0.15, 0.2) is 0 Å². The quantitative estimate of drug-likeness (QED) is 0.647. The molecule has 0 aliphatic heterocycles. The van der Waals surface area contributed by atoms with E-state index in [-0.39, 0.29) is 6.10 Å². The molecule has 1 aliphatic rings. The van der Waals surface area contributed by atoms with Crippen LogP contribution in [0.3, 0.4) is 0 Å². The maximum absolute atomic E-state index is 9.79. The molecule has 0 saturated heterocycles. The van der Waals surface area contributed by atoms with Crippen molar-refractivity contribution in [2.45, 2.75) is 51.2 Å². The van der Waals surface area contributed by atoms with E-state index in [9.17, 15) is 5.11 Å². The average molecular weight is 158 g/mol. The summed E-state index contributed by atoms with van der Waals surface area (Å²) in [5.41, 5.74) is -0.517. The predicted molar refractivity (Wildman–Crippen MR) is 44.3 cm³/mol. The van der Waals surface area contributed by atoms with Gasteiger partial charge in [0.15, 0.2) is 0 Å². The van der Waals surface area contributed by atoms with Crippen LogP contribution in [0, 0.1) is 5.92 Å². The lowest BCUT2D eigenvalue weighted by Crippen LogP contribution is -2.27. The third kappa shape index (κ3) is 2.80. The highest BCUT2D eigenvalue weighted by atomic mass is 16.3. The smallest absolute Gasteiger partial charge is 0.0648 e. The second-order valence-electron chi connectivity index (χ2n) is 4.02. The molecule has 2 unspecified atom stereocenters. The summed E-state index contributed by atoms with van der Waals surface area (Å²) < 4.78 is 0. The maximum atomic E-state index is 9.79. The highest BCUT2D eigenvalue weighted by Crippen LogP contribution is 2.41. The van der Waals surface area contributed by atoms with Crippen molar-refractivity contribution in [2.24, 2.45) is 5.92 Å². The zero-order chi connectivity index (χ0) is 8.48. The standard InChI is InChI=1S/C9H18O2/c1-7(10)5-6-9(2,11)8-3-4-8/h7-8,10-11H,3-6H2,1-2H3. The van der Waals surface area contributed by atoms with E-state index in [1.54, 1.807) is 6.92 Å². The zero-order valence-electron chi connectivity index (χ0n) is 7.38. The van der Waals surface area contributed by atoms with Crippen LogP contribution in [0.1, 0.15) is 39.5 Å². The molecule has 0 aromatic carbocycles. The minimum Gasteiger partial charge on any atom is -0.393 e. The molecule has 2 N–H and O–H groups in total. The molecule has 0 spiro atoms. The van der Waals surface area contributed by atoms with Gasteiger partial charge in [-0.05, 0) is 45.4 Å². The zero-order valence-corrected chi connectivity index (χ0v) is 7.38. The number of aliphatic hydroxyl groups excluding tert-OH is 1. The Morgan fingerprint density at radius 1 is 1.55 bits per heavy atom. The highest BCUT2D eigenvalue weighted by molar-refractivity contribution is 4.91. The molecule has 0 heterocycles. The Morgan fingerprint density at radius 2 is 2.09 bits per heavy atom. The van der Waals surface area contributed by atoms with Crippen molar-refractivity contribution in [1.82, 2.24) is 0 Å². The van der Waals surface area contributed by atoms with Crippen molar-refractivity contribution < 1.29 is 10.2 Å². The first kappa shape index (κ1) is 9.01. The molecule has 0 aromatic rings. The molecule has 0 amide bonds. The van der Waals surface area contributed by atoms with E-state index in [0.717, 1.165) is 19.3 Å². The van der Waals surface area contributed by atoms with Gasteiger partial charge in [0.25, 0.3) is 0 Å². The Hall–Kier alpha value is -0.0800. The van der Waals surface area contributed by atoms with Crippen molar-refractivity contribution in [3.63, 3.8) is 0 Å². The van der Waals surface area contributed by atoms with Crippen LogP contribution in [-0.2, 0) is 0 Å². The van der Waals surface area contributed by atoms with E-state index < -0.39 is 5.60 Å². The lowest BCUT2D eigenvalue weighted by molar-refractivity contribution is 0.0144. The molecule has 1 fully saturated rings. The lowest BCUT2D eigenvalue weighted by Gasteiger charge is -2.23. The molecule has 2 atom stereocenters. The molecule has 0 bridgehead atoms. The molecule has 0 radical (unpaired) electrons. The second-order valence-corrected chi connectivity index (χ2v) is 4.02. The summed E-state index contributed by atoms with van der Waals surface area (Å²) in [5.74, 6) is 0.501. The van der Waals surface area contributed by atoms with Gasteiger partial charge in [0, 0.05) is 0 Å². The van der Waals surface area contributed by atoms with Gasteiger partial charge >= 0.3 is 0 Å². The molecule has 1 saturated carbocycles. The second kappa shape index (κ2) is 3.11. The van der Waals surface area contributed by atoms with E-state index in [1.165, 1.54) is 0 Å². The molecular weight excluding hydrogens is 140 g/mol. The highest BCUT2D eigenvalue weighted by Gasteiger charge is 2.39. The summed E-state index contributed by atoms with van der Waals surface area (Å²) in [6, 6.07) is 0. The van der Waals surface area contributed by atoms with E-state index >= 15 is 0 Å². The summed E-state index contributed by atoms with van der Waals surface area (Å²) in [6.45, 7) is 3.65. The monoisotopic (exact) mass is 158 g/mol. The summed E-state index contributed by atoms with van der Waals surface area (Å²) in [6.07, 6.45) is 3.48. The molecule has 1 rings (SSSR count). The van der Waals surface area contributed by atoms with E-state index in [2.05, 4.69) is 0 Å². The maximum Gasteiger partial charge on any atom is 0.0648 e. The Morgan fingerprint density at radius 3 is 2.45 bits per heavy atom. The van der Waals surface area contributed by atoms with Crippen LogP contribution in [0.2, 0.25) is 0 Å². The van der Waals surface area contributed by atoms with Gasteiger partial charge < -0.3 is 10.2 Å². The predicted octanol–water partition coefficient (Wildman–Crippen LogP) is 1.31. The summed E-state index contributed by atoms with van der Waals surface area (Å²) in [4.78, 5) is 0. The van der Waals surface area contributed by atoms with Gasteiger partial charge in [0.2, 0.25) is 0 Å². The van der Waals surface area contributed by atoms with Gasteiger partial charge in [-0.15, -0.1) is 0 Å². The largest absolute Gasteiger partial charge is 0.393 e. The number of aliphatic hydroxyl groups is 2. The van der Waals surface area contributed by atoms with Gasteiger partial charge in [-0.1, -0.05) is 0 Å². The SMILES string of the molecule is CC(O)CCC(C)(O)C1CC1. The van der Waals surface area contributed by atoms with Crippen molar-refractivity contribution in [3.05, 3.63) is 0 Å². The van der Waals surface area contributed by atoms with E-state index in [0.29, 0.717) is 12.3 Å². The third-order valence-electron chi connectivity index (χ3n) is 2.53. The fraction of sp³-hybridized carbons (Fsp3) is 1.00. The van der Waals surface area contributed by atoms with Crippen LogP contribution in [0.5, 0.6) is 0 Å². The van der Waals surface area contributed by atoms with Gasteiger partial charge in [0.1, 0.15) is 0 Å². The summed E-state index contributed by atoms with van der Waals surface area (Å²) >= 11 is 0. The summed E-state index contributed by atoms with van der Waals surface area (Å²) in [5, 5.41) is 18.8. The number of hydrogen-bond acceptors (Lipinski definition) is 2.